The van der Waals surface area contributed by atoms with Crippen molar-refractivity contribution in [1.29, 1.82) is 0 Å². The zero-order valence-electron chi connectivity index (χ0n) is 12.7. The third-order valence-corrected chi connectivity index (χ3v) is 3.50. The van der Waals surface area contributed by atoms with E-state index in [1.165, 1.54) is 4.90 Å². The van der Waals surface area contributed by atoms with Gasteiger partial charge in [-0.05, 0) is 11.5 Å². The summed E-state index contributed by atoms with van der Waals surface area (Å²) in [6.45, 7) is 1.61. The first-order valence-electron chi connectivity index (χ1n) is 7.06. The maximum atomic E-state index is 12.0. The number of carbonyl (C=O) groups excluding carboxylic acids is 1. The molecule has 0 spiro atoms. The van der Waals surface area contributed by atoms with Gasteiger partial charge in [0.1, 0.15) is 5.75 Å². The number of rotatable bonds is 6. The summed E-state index contributed by atoms with van der Waals surface area (Å²) in [4.78, 5) is 24.2. The van der Waals surface area contributed by atoms with Gasteiger partial charge in [0.15, 0.2) is 6.61 Å². The molecule has 2 aromatic rings. The Kier molecular flexibility index (Phi) is 4.99. The molecule has 0 radical (unpaired) electrons. The van der Waals surface area contributed by atoms with Crippen LogP contribution in [0.2, 0.25) is 0 Å². The van der Waals surface area contributed by atoms with Gasteiger partial charge in [0.25, 0.3) is 5.91 Å². The number of benzene rings is 2. The highest BCUT2D eigenvalue weighted by Crippen LogP contribution is 2.25. The molecule has 0 saturated carbocycles. The molecular weight excluding hydrogens is 282 g/mol. The Balaban J connectivity index is 1.99. The molecule has 2 aromatic carbocycles. The van der Waals surface area contributed by atoms with E-state index >= 15 is 0 Å². The molecule has 0 fully saturated rings. The van der Waals surface area contributed by atoms with Crippen LogP contribution in [0, 0.1) is 5.92 Å². The monoisotopic (exact) mass is 301 g/mol. The van der Waals surface area contributed by atoms with Crippen LogP contribution < -0.4 is 4.74 Å². The van der Waals surface area contributed by atoms with Gasteiger partial charge in [0.2, 0.25) is 0 Å². The molecule has 22 heavy (non-hydrogen) atoms. The highest BCUT2D eigenvalue weighted by atomic mass is 16.5. The number of likely N-dealkylation sites (N-methyl/N-ethyl adjacent to an activating group) is 1. The molecule has 5 nitrogen and oxygen atoms in total. The highest BCUT2D eigenvalue weighted by Gasteiger charge is 2.17. The molecule has 0 bridgehead atoms. The van der Waals surface area contributed by atoms with Gasteiger partial charge in [-0.25, -0.2) is 0 Å². The Labute approximate surface area is 129 Å². The van der Waals surface area contributed by atoms with Crippen molar-refractivity contribution in [3.63, 3.8) is 0 Å². The average Bonchev–Trinajstić information content (AvgIpc) is 2.52. The van der Waals surface area contributed by atoms with Crippen LogP contribution in [-0.2, 0) is 9.59 Å². The maximum absolute atomic E-state index is 12.0. The quantitative estimate of drug-likeness (QED) is 0.889. The molecule has 0 aliphatic carbocycles. The van der Waals surface area contributed by atoms with Gasteiger partial charge in [-0.3, -0.25) is 9.59 Å². The third kappa shape index (κ3) is 3.75. The first-order chi connectivity index (χ1) is 10.5. The first-order valence-corrected chi connectivity index (χ1v) is 7.06. The van der Waals surface area contributed by atoms with Gasteiger partial charge in [-0.2, -0.15) is 0 Å². The van der Waals surface area contributed by atoms with Crippen LogP contribution in [0.25, 0.3) is 10.8 Å². The van der Waals surface area contributed by atoms with Gasteiger partial charge in [-0.15, -0.1) is 0 Å². The zero-order valence-corrected chi connectivity index (χ0v) is 12.7. The van der Waals surface area contributed by atoms with Crippen LogP contribution >= 0.6 is 0 Å². The van der Waals surface area contributed by atoms with Crippen LogP contribution in [0.15, 0.2) is 42.5 Å². The van der Waals surface area contributed by atoms with Gasteiger partial charge >= 0.3 is 5.97 Å². The SMILES string of the molecule is CC(CN(C)C(=O)COc1cccc2ccccc12)C(=O)O. The van der Waals surface area contributed by atoms with Crippen molar-refractivity contribution in [2.24, 2.45) is 5.92 Å². The number of hydrogen-bond acceptors (Lipinski definition) is 3. The van der Waals surface area contributed by atoms with E-state index in [0.717, 1.165) is 10.8 Å². The molecule has 2 rings (SSSR count). The predicted octanol–water partition coefficient (Wildman–Crippen LogP) is 2.40. The van der Waals surface area contributed by atoms with Crippen LogP contribution in [-0.4, -0.2) is 42.1 Å². The number of hydrogen-bond donors (Lipinski definition) is 1. The van der Waals surface area contributed by atoms with E-state index < -0.39 is 11.9 Å². The maximum Gasteiger partial charge on any atom is 0.308 e. The third-order valence-electron chi connectivity index (χ3n) is 3.50. The van der Waals surface area contributed by atoms with Crippen molar-refractivity contribution < 1.29 is 19.4 Å². The van der Waals surface area contributed by atoms with Gasteiger partial charge < -0.3 is 14.7 Å². The second kappa shape index (κ2) is 6.93. The lowest BCUT2D eigenvalue weighted by Gasteiger charge is -2.19. The number of aliphatic carboxylic acids is 1. The summed E-state index contributed by atoms with van der Waals surface area (Å²) >= 11 is 0. The van der Waals surface area contributed by atoms with E-state index in [9.17, 15) is 9.59 Å². The van der Waals surface area contributed by atoms with Crippen molar-refractivity contribution >= 4 is 22.6 Å². The average molecular weight is 301 g/mol. The van der Waals surface area contributed by atoms with Crippen LogP contribution in [0.5, 0.6) is 5.75 Å². The number of nitrogens with zero attached hydrogens (tertiary/aromatic N) is 1. The van der Waals surface area contributed by atoms with E-state index in [2.05, 4.69) is 0 Å². The number of amides is 1. The molecule has 1 atom stereocenters. The van der Waals surface area contributed by atoms with E-state index in [1.54, 1.807) is 14.0 Å². The molecule has 0 heterocycles. The summed E-state index contributed by atoms with van der Waals surface area (Å²) in [6.07, 6.45) is 0. The zero-order chi connectivity index (χ0) is 16.1. The topological polar surface area (TPSA) is 66.8 Å². The second-order valence-corrected chi connectivity index (χ2v) is 5.28. The summed E-state index contributed by atoms with van der Waals surface area (Å²) in [6, 6.07) is 13.4. The van der Waals surface area contributed by atoms with E-state index in [1.807, 2.05) is 42.5 Å². The predicted molar refractivity (Wildman–Crippen MR) is 83.9 cm³/mol. The Hall–Kier alpha value is -2.56. The normalized spacial score (nSPS) is 11.9. The van der Waals surface area contributed by atoms with Crippen molar-refractivity contribution in [2.75, 3.05) is 20.2 Å². The van der Waals surface area contributed by atoms with Gasteiger partial charge in [-0.1, -0.05) is 43.3 Å². The summed E-state index contributed by atoms with van der Waals surface area (Å²) in [7, 11) is 1.58. The molecule has 0 aliphatic heterocycles. The lowest BCUT2D eigenvalue weighted by molar-refractivity contribution is -0.143. The molecule has 1 amide bonds. The number of carboxylic acids is 1. The number of carboxylic acid groups (broad SMARTS) is 1. The summed E-state index contributed by atoms with van der Waals surface area (Å²) in [5.41, 5.74) is 0. The summed E-state index contributed by atoms with van der Waals surface area (Å²) in [5.74, 6) is -1.13. The fourth-order valence-corrected chi connectivity index (χ4v) is 2.16. The van der Waals surface area contributed by atoms with Gasteiger partial charge in [0.05, 0.1) is 5.92 Å². The Morgan fingerprint density at radius 2 is 1.86 bits per heavy atom. The molecule has 1 N–H and O–H groups in total. The minimum absolute atomic E-state index is 0.114. The van der Waals surface area contributed by atoms with Crippen molar-refractivity contribution in [3.05, 3.63) is 42.5 Å². The molecule has 116 valence electrons. The van der Waals surface area contributed by atoms with Gasteiger partial charge in [0, 0.05) is 19.0 Å². The summed E-state index contributed by atoms with van der Waals surface area (Å²) < 4.78 is 5.61. The standard InChI is InChI=1S/C17H19NO4/c1-12(17(20)21)10-18(2)16(19)11-22-15-9-5-7-13-6-3-4-8-14(13)15/h3-9,12H,10-11H2,1-2H3,(H,20,21). The molecule has 0 aromatic heterocycles. The van der Waals surface area contributed by atoms with Crippen LogP contribution in [0.1, 0.15) is 6.92 Å². The Morgan fingerprint density at radius 3 is 2.59 bits per heavy atom. The lowest BCUT2D eigenvalue weighted by Crippen LogP contribution is -2.36. The van der Waals surface area contributed by atoms with Crippen LogP contribution in [0.4, 0.5) is 0 Å². The largest absolute Gasteiger partial charge is 0.483 e. The molecule has 0 aliphatic rings. The van der Waals surface area contributed by atoms with Crippen molar-refractivity contribution in [1.82, 2.24) is 4.90 Å². The number of carbonyl (C=O) groups is 2. The number of ether oxygens (including phenoxy) is 1. The smallest absolute Gasteiger partial charge is 0.308 e. The minimum Gasteiger partial charge on any atom is -0.483 e. The molecule has 1 unspecified atom stereocenters. The Morgan fingerprint density at radius 1 is 1.18 bits per heavy atom. The highest BCUT2D eigenvalue weighted by molar-refractivity contribution is 5.88. The summed E-state index contributed by atoms with van der Waals surface area (Å²) in [5, 5.41) is 10.9. The fourth-order valence-electron chi connectivity index (χ4n) is 2.16. The number of fused-ring (bicyclic) bond motifs is 1. The molecule has 5 heteroatoms. The fraction of sp³-hybridized carbons (Fsp3) is 0.294. The minimum atomic E-state index is -0.922. The van der Waals surface area contributed by atoms with Crippen molar-refractivity contribution in [2.45, 2.75) is 6.92 Å². The van der Waals surface area contributed by atoms with Crippen LogP contribution in [0.3, 0.4) is 0 Å². The first kappa shape index (κ1) is 15.8. The van der Waals surface area contributed by atoms with E-state index in [0.29, 0.717) is 5.75 Å². The molecule has 0 saturated heterocycles. The second-order valence-electron chi connectivity index (χ2n) is 5.28. The van der Waals surface area contributed by atoms with E-state index in [4.69, 9.17) is 9.84 Å². The molecular formula is C17H19NO4. The Bertz CT molecular complexity index is 678. The van der Waals surface area contributed by atoms with Crippen molar-refractivity contribution in [3.8, 4) is 5.75 Å². The lowest BCUT2D eigenvalue weighted by atomic mass is 10.1. The van der Waals surface area contributed by atoms with E-state index in [-0.39, 0.29) is 19.1 Å².